The zero-order valence-electron chi connectivity index (χ0n) is 15.4. The molecule has 1 fully saturated rings. The number of aromatic nitrogens is 1. The number of carbonyl (C=O) groups is 1. The summed E-state index contributed by atoms with van der Waals surface area (Å²) < 4.78 is 0. The van der Waals surface area contributed by atoms with Crippen molar-refractivity contribution in [1.82, 2.24) is 9.88 Å². The zero-order valence-corrected chi connectivity index (χ0v) is 16.9. The zero-order chi connectivity index (χ0) is 18.5. The Morgan fingerprint density at radius 3 is 2.85 bits per heavy atom. The summed E-state index contributed by atoms with van der Waals surface area (Å²) in [5.74, 6) is 0.764. The van der Waals surface area contributed by atoms with Crippen molar-refractivity contribution in [2.24, 2.45) is 0 Å². The predicted molar refractivity (Wildman–Crippen MR) is 109 cm³/mol. The topological polar surface area (TPSA) is 33.2 Å². The molecule has 0 aliphatic carbocycles. The van der Waals surface area contributed by atoms with Gasteiger partial charge in [-0.05, 0) is 56.4 Å². The van der Waals surface area contributed by atoms with Crippen molar-refractivity contribution >= 4 is 29.3 Å². The third-order valence-corrected chi connectivity index (χ3v) is 6.61. The molecule has 26 heavy (non-hydrogen) atoms. The quantitative estimate of drug-likeness (QED) is 0.612. The molecule has 0 radical (unpaired) electrons. The van der Waals surface area contributed by atoms with Gasteiger partial charge in [0.2, 0.25) is 0 Å². The maximum absolute atomic E-state index is 12.9. The number of aryl methyl sites for hydroxylation is 1. The number of pyridine rings is 1. The van der Waals surface area contributed by atoms with E-state index in [0.29, 0.717) is 17.5 Å². The molecule has 1 aromatic heterocycles. The summed E-state index contributed by atoms with van der Waals surface area (Å²) >= 11 is 7.98. The van der Waals surface area contributed by atoms with E-state index in [1.807, 2.05) is 35.2 Å². The standard InChI is InChI=1S/C21H25ClN2OS/c1-3-17-10-4-5-13-24(17)21(25)19-12-7-9-16(23-19)14-26-20-15(2)8-6-11-18(20)22/h6-9,11-12,17H,3-5,10,13-14H2,1-2H3. The Morgan fingerprint density at radius 1 is 1.27 bits per heavy atom. The summed E-state index contributed by atoms with van der Waals surface area (Å²) in [5.41, 5.74) is 2.62. The highest BCUT2D eigenvalue weighted by Crippen LogP contribution is 2.32. The minimum absolute atomic E-state index is 0.0670. The fourth-order valence-corrected chi connectivity index (χ4v) is 4.80. The van der Waals surface area contributed by atoms with Gasteiger partial charge >= 0.3 is 0 Å². The third kappa shape index (κ3) is 4.41. The van der Waals surface area contributed by atoms with Gasteiger partial charge < -0.3 is 4.90 Å². The molecule has 1 atom stereocenters. The Kier molecular flexibility index (Phi) is 6.60. The monoisotopic (exact) mass is 388 g/mol. The highest BCUT2D eigenvalue weighted by molar-refractivity contribution is 7.98. The van der Waals surface area contributed by atoms with E-state index in [-0.39, 0.29) is 5.91 Å². The van der Waals surface area contributed by atoms with Crippen LogP contribution in [0.4, 0.5) is 0 Å². The molecule has 3 nitrogen and oxygen atoms in total. The van der Waals surface area contributed by atoms with Crippen molar-refractivity contribution in [2.75, 3.05) is 6.54 Å². The molecular formula is C21H25ClN2OS. The van der Waals surface area contributed by atoms with E-state index in [2.05, 4.69) is 24.9 Å². The number of amides is 1. The third-order valence-electron chi connectivity index (χ3n) is 4.91. The Balaban J connectivity index is 1.72. The number of nitrogens with zero attached hydrogens (tertiary/aromatic N) is 2. The van der Waals surface area contributed by atoms with Crippen molar-refractivity contribution in [3.05, 3.63) is 58.4 Å². The van der Waals surface area contributed by atoms with Crippen LogP contribution in [0.15, 0.2) is 41.3 Å². The average molecular weight is 389 g/mol. The number of rotatable bonds is 5. The molecule has 1 saturated heterocycles. The highest BCUT2D eigenvalue weighted by atomic mass is 35.5. The fourth-order valence-electron chi connectivity index (χ4n) is 3.46. The van der Waals surface area contributed by atoms with E-state index in [0.717, 1.165) is 47.0 Å². The van der Waals surface area contributed by atoms with Gasteiger partial charge in [0.25, 0.3) is 5.91 Å². The van der Waals surface area contributed by atoms with Crippen LogP contribution in [0.1, 0.15) is 54.4 Å². The lowest BCUT2D eigenvalue weighted by atomic mass is 9.99. The van der Waals surface area contributed by atoms with Crippen molar-refractivity contribution in [2.45, 2.75) is 56.2 Å². The van der Waals surface area contributed by atoms with E-state index in [9.17, 15) is 4.79 Å². The molecule has 1 aliphatic heterocycles. The van der Waals surface area contributed by atoms with Crippen molar-refractivity contribution in [3.8, 4) is 0 Å². The first-order valence-corrected chi connectivity index (χ1v) is 10.6. The molecule has 2 aromatic rings. The number of carbonyl (C=O) groups excluding carboxylic acids is 1. The lowest BCUT2D eigenvalue weighted by molar-refractivity contribution is 0.0601. The predicted octanol–water partition coefficient (Wildman–Crippen LogP) is 5.74. The molecule has 3 rings (SSSR count). The number of piperidine rings is 1. The summed E-state index contributed by atoms with van der Waals surface area (Å²) in [6.45, 7) is 5.06. The largest absolute Gasteiger partial charge is 0.334 e. The molecular weight excluding hydrogens is 364 g/mol. The molecule has 138 valence electrons. The summed E-state index contributed by atoms with van der Waals surface area (Å²) in [4.78, 5) is 20.7. The normalized spacial score (nSPS) is 17.3. The van der Waals surface area contributed by atoms with Gasteiger partial charge in [-0.3, -0.25) is 4.79 Å². The summed E-state index contributed by atoms with van der Waals surface area (Å²) in [6, 6.07) is 12.0. The van der Waals surface area contributed by atoms with E-state index >= 15 is 0 Å². The lowest BCUT2D eigenvalue weighted by Crippen LogP contribution is -2.43. The van der Waals surface area contributed by atoms with E-state index < -0.39 is 0 Å². The van der Waals surface area contributed by atoms with Crippen LogP contribution in [0, 0.1) is 6.92 Å². The van der Waals surface area contributed by atoms with E-state index in [4.69, 9.17) is 11.6 Å². The Morgan fingerprint density at radius 2 is 2.08 bits per heavy atom. The van der Waals surface area contributed by atoms with Crippen LogP contribution in [0.2, 0.25) is 5.02 Å². The SMILES string of the molecule is CCC1CCCCN1C(=O)c1cccc(CSc2c(C)cccc2Cl)n1. The second kappa shape index (κ2) is 8.92. The van der Waals surface area contributed by atoms with Gasteiger partial charge in [0.1, 0.15) is 5.69 Å². The molecule has 5 heteroatoms. The molecule has 0 bridgehead atoms. The highest BCUT2D eigenvalue weighted by Gasteiger charge is 2.26. The first-order valence-electron chi connectivity index (χ1n) is 9.25. The van der Waals surface area contributed by atoms with Crippen molar-refractivity contribution in [1.29, 1.82) is 0 Å². The van der Waals surface area contributed by atoms with Gasteiger partial charge in [-0.25, -0.2) is 4.98 Å². The lowest BCUT2D eigenvalue weighted by Gasteiger charge is -2.35. The smallest absolute Gasteiger partial charge is 0.272 e. The average Bonchev–Trinajstić information content (AvgIpc) is 2.67. The fraction of sp³-hybridized carbons (Fsp3) is 0.429. The number of thioether (sulfide) groups is 1. The summed E-state index contributed by atoms with van der Waals surface area (Å²) in [6.07, 6.45) is 4.41. The van der Waals surface area contributed by atoms with E-state index in [1.165, 1.54) is 6.42 Å². The van der Waals surface area contributed by atoms with Gasteiger partial charge in [0.15, 0.2) is 0 Å². The van der Waals surface area contributed by atoms with Crippen LogP contribution in [0.3, 0.4) is 0 Å². The van der Waals surface area contributed by atoms with Crippen LogP contribution in [-0.4, -0.2) is 28.4 Å². The first-order chi connectivity index (χ1) is 12.6. The van der Waals surface area contributed by atoms with Gasteiger partial charge in [-0.15, -0.1) is 11.8 Å². The summed E-state index contributed by atoms with van der Waals surface area (Å²) in [7, 11) is 0. The summed E-state index contributed by atoms with van der Waals surface area (Å²) in [5, 5.41) is 0.765. The maximum atomic E-state index is 12.9. The second-order valence-corrected chi connectivity index (χ2v) is 8.14. The molecule has 0 saturated carbocycles. The molecule has 2 heterocycles. The Hall–Kier alpha value is -1.52. The maximum Gasteiger partial charge on any atom is 0.272 e. The van der Waals surface area contributed by atoms with Crippen LogP contribution >= 0.6 is 23.4 Å². The molecule has 1 unspecified atom stereocenters. The minimum atomic E-state index is 0.0670. The second-order valence-electron chi connectivity index (χ2n) is 6.75. The van der Waals surface area contributed by atoms with Gasteiger partial charge in [0.05, 0.1) is 10.7 Å². The number of halogens is 1. The number of hydrogen-bond donors (Lipinski definition) is 0. The van der Waals surface area contributed by atoms with Crippen molar-refractivity contribution in [3.63, 3.8) is 0 Å². The molecule has 0 spiro atoms. The van der Waals surface area contributed by atoms with Crippen LogP contribution < -0.4 is 0 Å². The minimum Gasteiger partial charge on any atom is -0.334 e. The van der Waals surface area contributed by atoms with Gasteiger partial charge in [-0.2, -0.15) is 0 Å². The Labute approximate surface area is 165 Å². The van der Waals surface area contributed by atoms with Gasteiger partial charge in [-0.1, -0.05) is 36.7 Å². The molecule has 0 N–H and O–H groups in total. The van der Waals surface area contributed by atoms with Crippen molar-refractivity contribution < 1.29 is 4.79 Å². The molecule has 1 amide bonds. The van der Waals surface area contributed by atoms with Gasteiger partial charge in [0, 0.05) is 23.2 Å². The number of hydrogen-bond acceptors (Lipinski definition) is 3. The molecule has 1 aromatic carbocycles. The van der Waals surface area contributed by atoms with Crippen LogP contribution in [-0.2, 0) is 5.75 Å². The Bertz CT molecular complexity index is 760. The first kappa shape index (κ1) is 19.2. The van der Waals surface area contributed by atoms with E-state index in [1.54, 1.807) is 11.8 Å². The number of likely N-dealkylation sites (tertiary alicyclic amines) is 1. The van der Waals surface area contributed by atoms with Crippen LogP contribution in [0.25, 0.3) is 0 Å². The molecule has 1 aliphatic rings. The van der Waals surface area contributed by atoms with Crippen LogP contribution in [0.5, 0.6) is 0 Å². The number of benzene rings is 1.